The van der Waals surface area contributed by atoms with Crippen LogP contribution in [0, 0.1) is 0 Å². The second kappa shape index (κ2) is 6.71. The molecule has 0 fully saturated rings. The molecular formula is C16H24O3. The van der Waals surface area contributed by atoms with E-state index in [9.17, 15) is 4.79 Å². The summed E-state index contributed by atoms with van der Waals surface area (Å²) in [5.74, 6) is -0.318. The first kappa shape index (κ1) is 15.7. The normalized spacial score (nSPS) is 13.1. The molecule has 0 spiro atoms. The van der Waals surface area contributed by atoms with Crippen molar-refractivity contribution in [2.45, 2.75) is 52.7 Å². The number of rotatable bonds is 5. The minimum atomic E-state index is -0.501. The van der Waals surface area contributed by atoms with Gasteiger partial charge in [-0.1, -0.05) is 45.0 Å². The van der Waals surface area contributed by atoms with E-state index in [1.54, 1.807) is 6.92 Å². The molecule has 1 unspecified atom stereocenters. The van der Waals surface area contributed by atoms with Gasteiger partial charge in [-0.05, 0) is 30.4 Å². The van der Waals surface area contributed by atoms with Crippen LogP contribution in [0.1, 0.15) is 45.7 Å². The summed E-state index contributed by atoms with van der Waals surface area (Å²) in [6.07, 6.45) is -0.501. The fourth-order valence-corrected chi connectivity index (χ4v) is 1.69. The zero-order valence-corrected chi connectivity index (χ0v) is 12.5. The lowest BCUT2D eigenvalue weighted by atomic mass is 9.87. The third-order valence-corrected chi connectivity index (χ3v) is 2.95. The van der Waals surface area contributed by atoms with Gasteiger partial charge in [0.2, 0.25) is 0 Å². The van der Waals surface area contributed by atoms with E-state index >= 15 is 0 Å². The zero-order valence-electron chi connectivity index (χ0n) is 12.5. The maximum absolute atomic E-state index is 11.6. The van der Waals surface area contributed by atoms with Crippen molar-refractivity contribution in [3.63, 3.8) is 0 Å². The van der Waals surface area contributed by atoms with Crippen molar-refractivity contribution in [2.75, 3.05) is 6.61 Å². The molecule has 0 radical (unpaired) electrons. The van der Waals surface area contributed by atoms with Crippen molar-refractivity contribution >= 4 is 5.97 Å². The molecule has 0 saturated carbocycles. The molecule has 1 aromatic rings. The molecule has 19 heavy (non-hydrogen) atoms. The average Bonchev–Trinajstić information content (AvgIpc) is 2.35. The quantitative estimate of drug-likeness (QED) is 0.764. The first-order chi connectivity index (χ1) is 8.84. The fourth-order valence-electron chi connectivity index (χ4n) is 1.69. The Balaban J connectivity index is 2.53. The van der Waals surface area contributed by atoms with Gasteiger partial charge >= 0.3 is 5.97 Å². The van der Waals surface area contributed by atoms with E-state index in [2.05, 4.69) is 32.9 Å². The molecule has 0 aliphatic rings. The van der Waals surface area contributed by atoms with Gasteiger partial charge in [0.25, 0.3) is 0 Å². The Labute approximate surface area is 115 Å². The number of hydrogen-bond donors (Lipinski definition) is 0. The summed E-state index contributed by atoms with van der Waals surface area (Å²) in [7, 11) is 0. The van der Waals surface area contributed by atoms with Crippen LogP contribution in [0.3, 0.4) is 0 Å². The summed E-state index contributed by atoms with van der Waals surface area (Å²) < 4.78 is 10.4. The van der Waals surface area contributed by atoms with Gasteiger partial charge in [0, 0.05) is 6.61 Å². The van der Waals surface area contributed by atoms with Crippen LogP contribution in [0.25, 0.3) is 0 Å². The summed E-state index contributed by atoms with van der Waals surface area (Å²) in [6.45, 7) is 10.9. The van der Waals surface area contributed by atoms with Gasteiger partial charge in [0.15, 0.2) is 6.10 Å². The van der Waals surface area contributed by atoms with Gasteiger partial charge < -0.3 is 9.47 Å². The van der Waals surface area contributed by atoms with Gasteiger partial charge in [-0.2, -0.15) is 0 Å². The first-order valence-electron chi connectivity index (χ1n) is 6.72. The van der Waals surface area contributed by atoms with Crippen molar-refractivity contribution < 1.29 is 14.3 Å². The number of benzene rings is 1. The molecule has 1 rings (SSSR count). The third-order valence-electron chi connectivity index (χ3n) is 2.95. The number of carbonyl (C=O) groups is 1. The number of hydrogen-bond acceptors (Lipinski definition) is 3. The minimum Gasteiger partial charge on any atom is -0.459 e. The SMILES string of the molecule is CCOC(C)C(=O)OCc1ccc(C(C)(C)C)cc1. The molecule has 0 heterocycles. The van der Waals surface area contributed by atoms with Gasteiger partial charge in [0.05, 0.1) is 0 Å². The lowest BCUT2D eigenvalue weighted by molar-refractivity contribution is -0.157. The summed E-state index contributed by atoms with van der Waals surface area (Å²) >= 11 is 0. The monoisotopic (exact) mass is 264 g/mol. The minimum absolute atomic E-state index is 0.138. The van der Waals surface area contributed by atoms with Crippen LogP contribution in [0.15, 0.2) is 24.3 Å². The van der Waals surface area contributed by atoms with Crippen molar-refractivity contribution in [1.82, 2.24) is 0 Å². The smallest absolute Gasteiger partial charge is 0.335 e. The van der Waals surface area contributed by atoms with Crippen molar-refractivity contribution in [2.24, 2.45) is 0 Å². The number of esters is 1. The van der Waals surface area contributed by atoms with Gasteiger partial charge in [0.1, 0.15) is 6.61 Å². The Morgan fingerprint density at radius 3 is 2.26 bits per heavy atom. The highest BCUT2D eigenvalue weighted by Gasteiger charge is 2.15. The molecule has 0 N–H and O–H groups in total. The van der Waals surface area contributed by atoms with E-state index in [0.29, 0.717) is 13.2 Å². The summed E-state index contributed by atoms with van der Waals surface area (Å²) in [6, 6.07) is 8.16. The second-order valence-corrected chi connectivity index (χ2v) is 5.65. The topological polar surface area (TPSA) is 35.5 Å². The Kier molecular flexibility index (Phi) is 5.55. The fraction of sp³-hybridized carbons (Fsp3) is 0.562. The van der Waals surface area contributed by atoms with Crippen LogP contribution < -0.4 is 0 Å². The molecule has 0 aliphatic heterocycles. The Bertz CT molecular complexity index is 401. The predicted octanol–water partition coefficient (Wildman–Crippen LogP) is 3.45. The lowest BCUT2D eigenvalue weighted by Gasteiger charge is -2.19. The summed E-state index contributed by atoms with van der Waals surface area (Å²) in [4.78, 5) is 11.6. The first-order valence-corrected chi connectivity index (χ1v) is 6.72. The van der Waals surface area contributed by atoms with E-state index < -0.39 is 6.10 Å². The van der Waals surface area contributed by atoms with Crippen LogP contribution in [0.4, 0.5) is 0 Å². The standard InChI is InChI=1S/C16H24O3/c1-6-18-12(2)15(17)19-11-13-7-9-14(10-8-13)16(3,4)5/h7-10,12H,6,11H2,1-5H3. The van der Waals surface area contributed by atoms with Crippen molar-refractivity contribution in [3.05, 3.63) is 35.4 Å². The molecule has 3 nitrogen and oxygen atoms in total. The highest BCUT2D eigenvalue weighted by molar-refractivity contribution is 5.74. The maximum atomic E-state index is 11.6. The maximum Gasteiger partial charge on any atom is 0.335 e. The summed E-state index contributed by atoms with van der Waals surface area (Å²) in [5, 5.41) is 0. The van der Waals surface area contributed by atoms with Crippen molar-refractivity contribution in [1.29, 1.82) is 0 Å². The highest BCUT2D eigenvalue weighted by Crippen LogP contribution is 2.22. The molecular weight excluding hydrogens is 240 g/mol. The molecule has 1 atom stereocenters. The largest absolute Gasteiger partial charge is 0.459 e. The Hall–Kier alpha value is -1.35. The average molecular weight is 264 g/mol. The molecule has 0 amide bonds. The molecule has 0 aromatic heterocycles. The summed E-state index contributed by atoms with van der Waals surface area (Å²) in [5.41, 5.74) is 2.40. The number of carbonyl (C=O) groups excluding carboxylic acids is 1. The number of ether oxygens (including phenoxy) is 2. The molecule has 1 aromatic carbocycles. The predicted molar refractivity (Wildman–Crippen MR) is 76.0 cm³/mol. The highest BCUT2D eigenvalue weighted by atomic mass is 16.6. The molecule has 0 bridgehead atoms. The zero-order chi connectivity index (χ0) is 14.5. The van der Waals surface area contributed by atoms with E-state index in [1.807, 2.05) is 19.1 Å². The van der Waals surface area contributed by atoms with E-state index in [0.717, 1.165) is 5.56 Å². The van der Waals surface area contributed by atoms with E-state index in [1.165, 1.54) is 5.56 Å². The Morgan fingerprint density at radius 2 is 1.79 bits per heavy atom. The van der Waals surface area contributed by atoms with Crippen LogP contribution in [0.5, 0.6) is 0 Å². The van der Waals surface area contributed by atoms with Crippen LogP contribution in [-0.4, -0.2) is 18.7 Å². The Morgan fingerprint density at radius 1 is 1.21 bits per heavy atom. The van der Waals surface area contributed by atoms with Gasteiger partial charge in [-0.15, -0.1) is 0 Å². The van der Waals surface area contributed by atoms with E-state index in [4.69, 9.17) is 9.47 Å². The molecule has 106 valence electrons. The van der Waals surface area contributed by atoms with Gasteiger partial charge in [-0.3, -0.25) is 0 Å². The lowest BCUT2D eigenvalue weighted by Crippen LogP contribution is -2.23. The third kappa shape index (κ3) is 5.03. The van der Waals surface area contributed by atoms with Crippen LogP contribution >= 0.6 is 0 Å². The molecule has 0 aliphatic carbocycles. The second-order valence-electron chi connectivity index (χ2n) is 5.65. The van der Waals surface area contributed by atoms with E-state index in [-0.39, 0.29) is 11.4 Å². The van der Waals surface area contributed by atoms with Crippen LogP contribution in [-0.2, 0) is 26.3 Å². The molecule has 3 heteroatoms. The van der Waals surface area contributed by atoms with Crippen molar-refractivity contribution in [3.8, 4) is 0 Å². The van der Waals surface area contributed by atoms with Crippen LogP contribution in [0.2, 0.25) is 0 Å². The van der Waals surface area contributed by atoms with Gasteiger partial charge in [-0.25, -0.2) is 4.79 Å². The molecule has 0 saturated heterocycles.